The predicted molar refractivity (Wildman–Crippen MR) is 165 cm³/mol. The number of rotatable bonds is 3. The quantitative estimate of drug-likeness (QED) is 0.233. The standard InChI is InChI=1S/C23H16F5N5OS.C7H12FN.CH4O/c1-9-5-6-33(9)21-11-7-13(23(26,27)28)16(17(25)18(11)31-22(32-21)34-2)10-3-4-14(24)19-15(10)12(8-29)20(30)35-19;8-6-4-7-2-1-3-9(7)5-6;1-2/h3-4,7,9H,5-6,30H2,1-2H3;6-7H,1-5H2;2H,1H3. The van der Waals surface area contributed by atoms with E-state index in [2.05, 4.69) is 14.9 Å². The van der Waals surface area contributed by atoms with Crippen LogP contribution in [-0.2, 0) is 6.18 Å². The summed E-state index contributed by atoms with van der Waals surface area (Å²) >= 11 is 0.709. The van der Waals surface area contributed by atoms with Crippen LogP contribution in [0.25, 0.3) is 32.1 Å². The van der Waals surface area contributed by atoms with Crippen LogP contribution in [0.15, 0.2) is 18.2 Å². The number of ether oxygens (including phenoxy) is 1. The molecular formula is C31H32F6N6O2S. The van der Waals surface area contributed by atoms with E-state index >= 15 is 4.39 Å². The van der Waals surface area contributed by atoms with Gasteiger partial charge in [0.15, 0.2) is 5.82 Å². The third kappa shape index (κ3) is 5.89. The molecule has 2 aromatic carbocycles. The number of methoxy groups -OCH3 is 1. The van der Waals surface area contributed by atoms with Gasteiger partial charge >= 0.3 is 12.2 Å². The molecule has 3 N–H and O–H groups in total. The summed E-state index contributed by atoms with van der Waals surface area (Å²) in [6, 6.07) is 4.92. The average Bonchev–Trinajstić information content (AvgIpc) is 3.70. The first-order chi connectivity index (χ1) is 21.9. The fourth-order valence-corrected chi connectivity index (χ4v) is 7.30. The summed E-state index contributed by atoms with van der Waals surface area (Å²) in [6.45, 7) is 4.26. The molecule has 15 heteroatoms. The number of anilines is 2. The van der Waals surface area contributed by atoms with Gasteiger partial charge in [0.2, 0.25) is 0 Å². The lowest BCUT2D eigenvalue weighted by atomic mass is 9.92. The van der Waals surface area contributed by atoms with Gasteiger partial charge in [0.05, 0.1) is 22.9 Å². The highest BCUT2D eigenvalue weighted by atomic mass is 32.1. The first-order valence-corrected chi connectivity index (χ1v) is 15.4. The number of nitrogens with zero attached hydrogens (tertiary/aromatic N) is 5. The molecular weight excluding hydrogens is 634 g/mol. The topological polar surface area (TPSA) is 112 Å². The Kier molecular flexibility index (Phi) is 9.53. The molecule has 46 heavy (non-hydrogen) atoms. The fraction of sp³-hybridized carbons (Fsp3) is 0.452. The predicted octanol–water partition coefficient (Wildman–Crippen LogP) is 6.67. The van der Waals surface area contributed by atoms with E-state index in [0.717, 1.165) is 44.7 Å². The summed E-state index contributed by atoms with van der Waals surface area (Å²) < 4.78 is 91.3. The maximum Gasteiger partial charge on any atom is 0.417 e. The van der Waals surface area contributed by atoms with E-state index in [0.29, 0.717) is 30.5 Å². The van der Waals surface area contributed by atoms with Crippen molar-refractivity contribution in [1.82, 2.24) is 14.9 Å². The van der Waals surface area contributed by atoms with Crippen LogP contribution in [0.4, 0.5) is 37.2 Å². The summed E-state index contributed by atoms with van der Waals surface area (Å²) in [7, 11) is 2.27. The van der Waals surface area contributed by atoms with E-state index in [1.54, 1.807) is 11.0 Å². The average molecular weight is 667 g/mol. The van der Waals surface area contributed by atoms with E-state index in [1.807, 2.05) is 6.92 Å². The molecule has 246 valence electrons. The van der Waals surface area contributed by atoms with Gasteiger partial charge in [-0.05, 0) is 56.8 Å². The molecule has 0 aliphatic carbocycles. The van der Waals surface area contributed by atoms with Crippen LogP contribution in [0, 0.1) is 23.0 Å². The Labute approximate surface area is 265 Å². The van der Waals surface area contributed by atoms with Crippen LogP contribution in [0.1, 0.15) is 43.7 Å². The molecule has 7 rings (SSSR count). The highest BCUT2D eigenvalue weighted by Crippen LogP contribution is 2.48. The summed E-state index contributed by atoms with van der Waals surface area (Å²) in [5.74, 6) is -1.94. The molecule has 3 aliphatic heterocycles. The Bertz CT molecular complexity index is 1800. The van der Waals surface area contributed by atoms with Crippen molar-refractivity contribution in [1.29, 1.82) is 5.26 Å². The first-order valence-electron chi connectivity index (χ1n) is 14.6. The number of aliphatic hydroxyl groups is 1. The third-order valence-electron chi connectivity index (χ3n) is 8.63. The Morgan fingerprint density at radius 2 is 1.89 bits per heavy atom. The number of aliphatic hydroxyl groups excluding tert-OH is 1. The van der Waals surface area contributed by atoms with Gasteiger partial charge in [-0.15, -0.1) is 11.3 Å². The molecule has 3 saturated heterocycles. The van der Waals surface area contributed by atoms with Gasteiger partial charge in [-0.25, -0.2) is 13.2 Å². The van der Waals surface area contributed by atoms with Gasteiger partial charge in [0.1, 0.15) is 34.4 Å². The Morgan fingerprint density at radius 3 is 2.48 bits per heavy atom. The number of nitriles is 1. The van der Waals surface area contributed by atoms with Gasteiger partial charge in [-0.3, -0.25) is 4.90 Å². The second-order valence-electron chi connectivity index (χ2n) is 11.2. The number of fused-ring (bicyclic) bond motifs is 3. The number of halogens is 6. The molecule has 0 radical (unpaired) electrons. The van der Waals surface area contributed by atoms with Crippen LogP contribution in [0.2, 0.25) is 0 Å². The van der Waals surface area contributed by atoms with Gasteiger partial charge in [0.25, 0.3) is 0 Å². The number of aromatic nitrogens is 2. The Morgan fingerprint density at radius 1 is 1.15 bits per heavy atom. The number of thiophene rings is 1. The van der Waals surface area contributed by atoms with Crippen LogP contribution in [0.5, 0.6) is 6.01 Å². The highest BCUT2D eigenvalue weighted by Gasteiger charge is 2.39. The second kappa shape index (κ2) is 13.1. The van der Waals surface area contributed by atoms with Crippen molar-refractivity contribution < 1.29 is 36.2 Å². The minimum Gasteiger partial charge on any atom is -0.467 e. The van der Waals surface area contributed by atoms with Crippen LogP contribution in [0.3, 0.4) is 0 Å². The molecule has 3 unspecified atom stereocenters. The van der Waals surface area contributed by atoms with E-state index in [4.69, 9.17) is 15.6 Å². The summed E-state index contributed by atoms with van der Waals surface area (Å²) in [4.78, 5) is 12.2. The minimum atomic E-state index is -4.99. The number of alkyl halides is 4. The number of nitrogens with two attached hydrogens (primary N) is 1. The zero-order valence-corrected chi connectivity index (χ0v) is 26.1. The minimum absolute atomic E-state index is 0.0152. The van der Waals surface area contributed by atoms with Crippen molar-refractivity contribution in [2.75, 3.05) is 44.5 Å². The van der Waals surface area contributed by atoms with E-state index in [-0.39, 0.29) is 55.0 Å². The van der Waals surface area contributed by atoms with Gasteiger partial charge < -0.3 is 20.5 Å². The monoisotopic (exact) mass is 666 g/mol. The molecule has 0 amide bonds. The van der Waals surface area contributed by atoms with Gasteiger partial charge in [-0.1, -0.05) is 6.07 Å². The summed E-state index contributed by atoms with van der Waals surface area (Å²) in [5.41, 5.74) is 2.76. The SMILES string of the molecule is CO.COc1nc(N2CCC2C)c2cc(C(F)(F)F)c(-c3ccc(F)c4sc(N)c(C#N)c34)c(F)c2n1.FC1CC2CCCN2C1. The molecule has 5 heterocycles. The first kappa shape index (κ1) is 33.5. The maximum atomic E-state index is 16.1. The smallest absolute Gasteiger partial charge is 0.417 e. The summed E-state index contributed by atoms with van der Waals surface area (Å²) in [6.07, 6.45) is -1.38. The normalized spacial score (nSPS) is 20.8. The van der Waals surface area contributed by atoms with Crippen LogP contribution >= 0.6 is 11.3 Å². The number of nitrogen functional groups attached to an aromatic ring is 1. The number of benzene rings is 2. The van der Waals surface area contributed by atoms with E-state index < -0.39 is 35.1 Å². The lowest BCUT2D eigenvalue weighted by Gasteiger charge is -2.40. The molecule has 0 spiro atoms. The number of hydrogen-bond donors (Lipinski definition) is 2. The highest BCUT2D eigenvalue weighted by molar-refractivity contribution is 7.23. The van der Waals surface area contributed by atoms with Crippen LogP contribution < -0.4 is 15.4 Å². The van der Waals surface area contributed by atoms with E-state index in [1.165, 1.54) is 20.0 Å². The largest absolute Gasteiger partial charge is 0.467 e. The Hall–Kier alpha value is -3.87. The third-order valence-corrected chi connectivity index (χ3v) is 9.66. The second-order valence-corrected chi connectivity index (χ2v) is 12.3. The molecule has 3 fully saturated rings. The lowest BCUT2D eigenvalue weighted by Crippen LogP contribution is -2.46. The molecule has 3 atom stereocenters. The van der Waals surface area contributed by atoms with Crippen molar-refractivity contribution in [3.8, 4) is 23.2 Å². The van der Waals surface area contributed by atoms with E-state index in [9.17, 15) is 27.2 Å². The lowest BCUT2D eigenvalue weighted by molar-refractivity contribution is -0.137. The van der Waals surface area contributed by atoms with Gasteiger partial charge in [-0.2, -0.15) is 28.4 Å². The fourth-order valence-electron chi connectivity index (χ4n) is 6.35. The molecule has 3 aliphatic rings. The van der Waals surface area contributed by atoms with Crippen molar-refractivity contribution in [3.05, 3.63) is 41.0 Å². The molecule has 4 aromatic rings. The van der Waals surface area contributed by atoms with Crippen molar-refractivity contribution in [2.24, 2.45) is 0 Å². The van der Waals surface area contributed by atoms with Crippen molar-refractivity contribution in [2.45, 2.75) is 57.0 Å². The zero-order chi connectivity index (χ0) is 33.5. The zero-order valence-electron chi connectivity index (χ0n) is 25.3. The number of hydrogen-bond acceptors (Lipinski definition) is 9. The van der Waals surface area contributed by atoms with Crippen molar-refractivity contribution in [3.63, 3.8) is 0 Å². The maximum absolute atomic E-state index is 16.1. The molecule has 0 bridgehead atoms. The molecule has 2 aromatic heterocycles. The van der Waals surface area contributed by atoms with Crippen molar-refractivity contribution >= 4 is 43.1 Å². The molecule has 8 nitrogen and oxygen atoms in total. The molecule has 0 saturated carbocycles. The van der Waals surface area contributed by atoms with Crippen LogP contribution in [-0.4, -0.2) is 72.1 Å². The van der Waals surface area contributed by atoms with Gasteiger partial charge in [0, 0.05) is 48.6 Å². The Balaban J connectivity index is 0.000000320. The summed E-state index contributed by atoms with van der Waals surface area (Å²) in [5, 5.41) is 16.2.